The lowest BCUT2D eigenvalue weighted by molar-refractivity contribution is 0.243. The zero-order valence-electron chi connectivity index (χ0n) is 12.6. The number of sulfonamides is 1. The minimum Gasteiger partial charge on any atom is -0.328 e. The second-order valence-electron chi connectivity index (χ2n) is 5.64. The number of benzene rings is 1. The van der Waals surface area contributed by atoms with Gasteiger partial charge in [-0.05, 0) is 50.3 Å². The fourth-order valence-corrected chi connectivity index (χ4v) is 4.75. The Kier molecular flexibility index (Phi) is 6.99. The zero-order valence-corrected chi connectivity index (χ0v) is 15.7. The highest BCUT2D eigenvalue weighted by atomic mass is 35.5. The first-order valence-electron chi connectivity index (χ1n) is 6.95. The summed E-state index contributed by atoms with van der Waals surface area (Å²) in [4.78, 5) is 0.147. The average molecular weight is 388 g/mol. The SMILES string of the molecule is Cc1c(Cl)cc(S(=O)(=O)N2CCCC(C(C)N)C2)cc1Cl.Cl. The van der Waals surface area contributed by atoms with Crippen molar-refractivity contribution in [3.8, 4) is 0 Å². The van der Waals surface area contributed by atoms with Crippen LogP contribution in [0.15, 0.2) is 17.0 Å². The molecule has 2 N–H and O–H groups in total. The van der Waals surface area contributed by atoms with Crippen LogP contribution in [0.3, 0.4) is 0 Å². The van der Waals surface area contributed by atoms with Crippen LogP contribution in [0.5, 0.6) is 0 Å². The van der Waals surface area contributed by atoms with Gasteiger partial charge in [-0.3, -0.25) is 0 Å². The molecule has 0 bridgehead atoms. The van der Waals surface area contributed by atoms with Gasteiger partial charge in [0.1, 0.15) is 0 Å². The van der Waals surface area contributed by atoms with Crippen molar-refractivity contribution in [2.45, 2.75) is 37.6 Å². The summed E-state index contributed by atoms with van der Waals surface area (Å²) in [7, 11) is -3.58. The van der Waals surface area contributed by atoms with Gasteiger partial charge in [0, 0.05) is 29.2 Å². The molecule has 2 atom stereocenters. The first-order chi connectivity index (χ1) is 9.73. The molecule has 0 amide bonds. The van der Waals surface area contributed by atoms with Crippen molar-refractivity contribution in [2.75, 3.05) is 13.1 Å². The molecule has 4 nitrogen and oxygen atoms in total. The summed E-state index contributed by atoms with van der Waals surface area (Å²) in [6.07, 6.45) is 1.78. The highest BCUT2D eigenvalue weighted by Crippen LogP contribution is 2.31. The summed E-state index contributed by atoms with van der Waals surface area (Å²) in [6.45, 7) is 4.63. The highest BCUT2D eigenvalue weighted by molar-refractivity contribution is 7.89. The maximum absolute atomic E-state index is 12.7. The number of nitrogens with zero attached hydrogens (tertiary/aromatic N) is 1. The molecule has 1 aromatic rings. The largest absolute Gasteiger partial charge is 0.328 e. The van der Waals surface area contributed by atoms with E-state index in [9.17, 15) is 8.42 Å². The Bertz CT molecular complexity index is 612. The van der Waals surface area contributed by atoms with Gasteiger partial charge >= 0.3 is 0 Å². The molecule has 0 aromatic heterocycles. The monoisotopic (exact) mass is 386 g/mol. The van der Waals surface area contributed by atoms with Crippen LogP contribution in [-0.4, -0.2) is 31.9 Å². The summed E-state index contributed by atoms with van der Waals surface area (Å²) in [5, 5.41) is 0.726. The molecule has 1 fully saturated rings. The topological polar surface area (TPSA) is 63.4 Å². The number of piperidine rings is 1. The van der Waals surface area contributed by atoms with E-state index in [0.29, 0.717) is 28.7 Å². The number of nitrogens with two attached hydrogens (primary N) is 1. The summed E-state index contributed by atoms with van der Waals surface area (Å²) in [5.74, 6) is 0.185. The van der Waals surface area contributed by atoms with Crippen molar-refractivity contribution in [1.82, 2.24) is 4.31 Å². The molecule has 1 aromatic carbocycles. The number of hydrogen-bond donors (Lipinski definition) is 1. The predicted molar refractivity (Wildman–Crippen MR) is 93.6 cm³/mol. The maximum Gasteiger partial charge on any atom is 0.243 e. The molecule has 0 spiro atoms. The zero-order chi connectivity index (χ0) is 15.8. The van der Waals surface area contributed by atoms with E-state index in [1.54, 1.807) is 6.92 Å². The molecule has 0 aliphatic carbocycles. The predicted octanol–water partition coefficient (Wildman–Crippen LogP) is 3.47. The third-order valence-electron chi connectivity index (χ3n) is 4.06. The van der Waals surface area contributed by atoms with Crippen LogP contribution in [0, 0.1) is 12.8 Å². The second-order valence-corrected chi connectivity index (χ2v) is 8.39. The molecule has 1 saturated heterocycles. The standard InChI is InChI=1S/C14H20Cl2N2O2S.ClH/c1-9-13(15)6-12(7-14(9)16)21(19,20)18-5-3-4-11(8-18)10(2)17;/h6-7,10-11H,3-5,8,17H2,1-2H3;1H. The summed E-state index contributed by atoms with van der Waals surface area (Å²) >= 11 is 12.1. The van der Waals surface area contributed by atoms with Crippen molar-refractivity contribution in [3.05, 3.63) is 27.7 Å². The van der Waals surface area contributed by atoms with E-state index < -0.39 is 10.0 Å². The average Bonchev–Trinajstić information content (AvgIpc) is 2.44. The quantitative estimate of drug-likeness (QED) is 0.863. The second kappa shape index (κ2) is 7.69. The first kappa shape index (κ1) is 20.0. The molecule has 1 heterocycles. The molecule has 0 radical (unpaired) electrons. The van der Waals surface area contributed by atoms with Crippen molar-refractivity contribution in [2.24, 2.45) is 11.7 Å². The van der Waals surface area contributed by atoms with Crippen LogP contribution in [0.1, 0.15) is 25.3 Å². The van der Waals surface area contributed by atoms with Gasteiger partial charge in [-0.25, -0.2) is 8.42 Å². The minimum atomic E-state index is -3.58. The Morgan fingerprint density at radius 2 is 1.86 bits per heavy atom. The van der Waals surface area contributed by atoms with Crippen molar-refractivity contribution < 1.29 is 8.42 Å². The molecule has 0 saturated carbocycles. The highest BCUT2D eigenvalue weighted by Gasteiger charge is 2.32. The lowest BCUT2D eigenvalue weighted by atomic mass is 9.93. The van der Waals surface area contributed by atoms with E-state index in [1.165, 1.54) is 16.4 Å². The van der Waals surface area contributed by atoms with Gasteiger partial charge < -0.3 is 5.73 Å². The minimum absolute atomic E-state index is 0. The fourth-order valence-electron chi connectivity index (χ4n) is 2.54. The van der Waals surface area contributed by atoms with Crippen LogP contribution in [0.25, 0.3) is 0 Å². The van der Waals surface area contributed by atoms with E-state index in [0.717, 1.165) is 12.8 Å². The van der Waals surface area contributed by atoms with Gasteiger partial charge in [0.05, 0.1) is 4.90 Å². The third kappa shape index (κ3) is 4.08. The van der Waals surface area contributed by atoms with Crippen molar-refractivity contribution in [1.29, 1.82) is 0 Å². The van der Waals surface area contributed by atoms with E-state index in [1.807, 2.05) is 6.92 Å². The van der Waals surface area contributed by atoms with Crippen LogP contribution in [0.4, 0.5) is 0 Å². The van der Waals surface area contributed by atoms with Gasteiger partial charge in [0.2, 0.25) is 10.0 Å². The van der Waals surface area contributed by atoms with Gasteiger partial charge in [-0.1, -0.05) is 23.2 Å². The molecule has 22 heavy (non-hydrogen) atoms. The number of halogens is 3. The van der Waals surface area contributed by atoms with Gasteiger partial charge in [0.15, 0.2) is 0 Å². The van der Waals surface area contributed by atoms with E-state index >= 15 is 0 Å². The Hall–Kier alpha value is -0.0400. The molecule has 2 rings (SSSR count). The Balaban J connectivity index is 0.00000242. The van der Waals surface area contributed by atoms with Gasteiger partial charge in [-0.15, -0.1) is 12.4 Å². The molecule has 1 aliphatic rings. The maximum atomic E-state index is 12.7. The Morgan fingerprint density at radius 1 is 1.32 bits per heavy atom. The van der Waals surface area contributed by atoms with Gasteiger partial charge in [0.25, 0.3) is 0 Å². The van der Waals surface area contributed by atoms with Crippen molar-refractivity contribution in [3.63, 3.8) is 0 Å². The number of rotatable bonds is 3. The van der Waals surface area contributed by atoms with Crippen LogP contribution in [-0.2, 0) is 10.0 Å². The van der Waals surface area contributed by atoms with Crippen LogP contribution < -0.4 is 5.73 Å². The normalized spacial score (nSPS) is 21.2. The molecule has 2 unspecified atom stereocenters. The van der Waals surface area contributed by atoms with Crippen LogP contribution in [0.2, 0.25) is 10.0 Å². The van der Waals surface area contributed by atoms with Crippen LogP contribution >= 0.6 is 35.6 Å². The van der Waals surface area contributed by atoms with Crippen molar-refractivity contribution >= 4 is 45.6 Å². The molecule has 126 valence electrons. The molecular weight excluding hydrogens is 367 g/mol. The van der Waals surface area contributed by atoms with E-state index in [4.69, 9.17) is 28.9 Å². The molecular formula is C14H21Cl3N2O2S. The Morgan fingerprint density at radius 3 is 2.36 bits per heavy atom. The summed E-state index contributed by atoms with van der Waals surface area (Å²) < 4.78 is 27.0. The fraction of sp³-hybridized carbons (Fsp3) is 0.571. The number of hydrogen-bond acceptors (Lipinski definition) is 3. The lowest BCUT2D eigenvalue weighted by Crippen LogP contribution is -2.44. The van der Waals surface area contributed by atoms with Gasteiger partial charge in [-0.2, -0.15) is 4.31 Å². The molecule has 1 aliphatic heterocycles. The molecule has 8 heteroatoms. The van der Waals surface area contributed by atoms with E-state index in [-0.39, 0.29) is 29.3 Å². The lowest BCUT2D eigenvalue weighted by Gasteiger charge is -2.33. The first-order valence-corrected chi connectivity index (χ1v) is 9.14. The smallest absolute Gasteiger partial charge is 0.243 e. The third-order valence-corrected chi connectivity index (χ3v) is 6.68. The summed E-state index contributed by atoms with van der Waals surface area (Å²) in [5.41, 5.74) is 6.60. The Labute approximate surface area is 148 Å². The van der Waals surface area contributed by atoms with E-state index in [2.05, 4.69) is 0 Å². The summed E-state index contributed by atoms with van der Waals surface area (Å²) in [6, 6.07) is 2.91.